The highest BCUT2D eigenvalue weighted by atomic mass is 32.1. The van der Waals surface area contributed by atoms with Crippen LogP contribution in [0.15, 0.2) is 48.7 Å². The first-order chi connectivity index (χ1) is 9.58. The number of hydrogen-bond donors (Lipinski definition) is 2. The molecule has 2 rings (SSSR count). The van der Waals surface area contributed by atoms with Gasteiger partial charge < -0.3 is 11.1 Å². The standard InChI is InChI=1S/C15H15N3OS/c1-10-9-12(7-8-17-10)15(19)18-13(14(16)20)11-5-3-2-4-6-11/h2-9,13H,1H3,(H2,16,20)(H,18,19). The van der Waals surface area contributed by atoms with E-state index in [9.17, 15) is 4.79 Å². The molecule has 3 N–H and O–H groups in total. The molecule has 1 aromatic carbocycles. The third kappa shape index (κ3) is 3.39. The van der Waals surface area contributed by atoms with Crippen LogP contribution in [0, 0.1) is 6.92 Å². The second kappa shape index (κ2) is 6.25. The third-order valence-electron chi connectivity index (χ3n) is 2.85. The summed E-state index contributed by atoms with van der Waals surface area (Å²) < 4.78 is 0. The van der Waals surface area contributed by atoms with Crippen molar-refractivity contribution >= 4 is 23.1 Å². The van der Waals surface area contributed by atoms with Crippen LogP contribution in [0.1, 0.15) is 27.7 Å². The van der Waals surface area contributed by atoms with E-state index in [1.54, 1.807) is 18.3 Å². The van der Waals surface area contributed by atoms with Gasteiger partial charge in [-0.05, 0) is 24.6 Å². The molecule has 0 fully saturated rings. The number of benzene rings is 1. The molecule has 1 unspecified atom stereocenters. The maximum Gasteiger partial charge on any atom is 0.252 e. The summed E-state index contributed by atoms with van der Waals surface area (Å²) in [5.74, 6) is -0.225. The molecule has 4 nitrogen and oxygen atoms in total. The number of nitrogens with two attached hydrogens (primary N) is 1. The Hall–Kier alpha value is -2.27. The molecule has 0 aliphatic carbocycles. The Balaban J connectivity index is 2.21. The van der Waals surface area contributed by atoms with Crippen LogP contribution in [0.3, 0.4) is 0 Å². The van der Waals surface area contributed by atoms with Crippen molar-refractivity contribution in [1.82, 2.24) is 10.3 Å². The van der Waals surface area contributed by atoms with E-state index in [1.807, 2.05) is 37.3 Å². The first-order valence-corrected chi connectivity index (χ1v) is 6.56. The molecule has 0 bridgehead atoms. The Labute approximate surface area is 123 Å². The lowest BCUT2D eigenvalue weighted by Gasteiger charge is -2.18. The van der Waals surface area contributed by atoms with Gasteiger partial charge in [0.05, 0.1) is 0 Å². The summed E-state index contributed by atoms with van der Waals surface area (Å²) in [7, 11) is 0. The summed E-state index contributed by atoms with van der Waals surface area (Å²) in [6.45, 7) is 1.83. The van der Waals surface area contributed by atoms with Gasteiger partial charge in [-0.2, -0.15) is 0 Å². The van der Waals surface area contributed by atoms with Gasteiger partial charge >= 0.3 is 0 Å². The first kappa shape index (κ1) is 14.1. The molecular formula is C15H15N3OS. The van der Waals surface area contributed by atoms with Gasteiger partial charge in [0.2, 0.25) is 0 Å². The summed E-state index contributed by atoms with van der Waals surface area (Å²) in [6, 6.07) is 12.3. The molecule has 0 saturated carbocycles. The summed E-state index contributed by atoms with van der Waals surface area (Å²) >= 11 is 5.04. The normalized spacial score (nSPS) is 11.7. The van der Waals surface area contributed by atoms with E-state index in [0.717, 1.165) is 11.3 Å². The molecular weight excluding hydrogens is 270 g/mol. The van der Waals surface area contributed by atoms with Gasteiger partial charge in [0.15, 0.2) is 0 Å². The quantitative estimate of drug-likeness (QED) is 0.845. The molecule has 0 aliphatic rings. The van der Waals surface area contributed by atoms with Crippen molar-refractivity contribution < 1.29 is 4.79 Å². The number of thiocarbonyl (C=S) groups is 1. The molecule has 0 radical (unpaired) electrons. The van der Waals surface area contributed by atoms with Gasteiger partial charge in [-0.3, -0.25) is 9.78 Å². The van der Waals surface area contributed by atoms with Crippen molar-refractivity contribution in [2.24, 2.45) is 5.73 Å². The molecule has 1 atom stereocenters. The number of rotatable bonds is 4. The smallest absolute Gasteiger partial charge is 0.252 e. The van der Waals surface area contributed by atoms with E-state index < -0.39 is 6.04 Å². The van der Waals surface area contributed by atoms with Gasteiger partial charge in [0.1, 0.15) is 11.0 Å². The highest BCUT2D eigenvalue weighted by molar-refractivity contribution is 7.80. The Morgan fingerprint density at radius 2 is 2.00 bits per heavy atom. The lowest BCUT2D eigenvalue weighted by Crippen LogP contribution is -2.36. The zero-order chi connectivity index (χ0) is 14.5. The summed E-state index contributed by atoms with van der Waals surface area (Å²) in [5.41, 5.74) is 7.91. The summed E-state index contributed by atoms with van der Waals surface area (Å²) in [4.78, 5) is 16.5. The molecule has 5 heteroatoms. The van der Waals surface area contributed by atoms with E-state index in [2.05, 4.69) is 10.3 Å². The Morgan fingerprint density at radius 3 is 2.60 bits per heavy atom. The minimum Gasteiger partial charge on any atom is -0.391 e. The predicted molar refractivity (Wildman–Crippen MR) is 82.4 cm³/mol. The van der Waals surface area contributed by atoms with Crippen molar-refractivity contribution in [2.45, 2.75) is 13.0 Å². The number of carbonyl (C=O) groups excluding carboxylic acids is 1. The Kier molecular flexibility index (Phi) is 4.42. The van der Waals surface area contributed by atoms with E-state index in [4.69, 9.17) is 18.0 Å². The average Bonchev–Trinajstić information content (AvgIpc) is 2.45. The minimum atomic E-state index is -0.479. The van der Waals surface area contributed by atoms with Crippen LogP contribution >= 0.6 is 12.2 Å². The second-order valence-corrected chi connectivity index (χ2v) is 4.88. The number of nitrogens with one attached hydrogen (secondary N) is 1. The van der Waals surface area contributed by atoms with Crippen LogP contribution in [0.5, 0.6) is 0 Å². The predicted octanol–water partition coefficient (Wildman–Crippen LogP) is 2.15. The van der Waals surface area contributed by atoms with Crippen molar-refractivity contribution in [3.8, 4) is 0 Å². The lowest BCUT2D eigenvalue weighted by atomic mass is 10.1. The fourth-order valence-corrected chi connectivity index (χ4v) is 2.06. The highest BCUT2D eigenvalue weighted by Gasteiger charge is 2.18. The topological polar surface area (TPSA) is 68.0 Å². The van der Waals surface area contributed by atoms with E-state index in [-0.39, 0.29) is 10.9 Å². The third-order valence-corrected chi connectivity index (χ3v) is 3.09. The summed E-state index contributed by atoms with van der Waals surface area (Å²) in [5, 5.41) is 2.84. The average molecular weight is 285 g/mol. The maximum absolute atomic E-state index is 12.2. The number of aryl methyl sites for hydroxylation is 1. The molecule has 0 saturated heterocycles. The van der Waals surface area contributed by atoms with Crippen molar-refractivity contribution in [3.63, 3.8) is 0 Å². The van der Waals surface area contributed by atoms with E-state index in [0.29, 0.717) is 5.56 Å². The number of carbonyl (C=O) groups is 1. The molecule has 1 amide bonds. The van der Waals surface area contributed by atoms with Gasteiger partial charge in [-0.15, -0.1) is 0 Å². The maximum atomic E-state index is 12.2. The molecule has 1 heterocycles. The van der Waals surface area contributed by atoms with Crippen LogP contribution in [-0.4, -0.2) is 15.9 Å². The van der Waals surface area contributed by atoms with Gasteiger partial charge in [-0.1, -0.05) is 42.5 Å². The van der Waals surface area contributed by atoms with Crippen LogP contribution in [0.25, 0.3) is 0 Å². The molecule has 1 aromatic heterocycles. The summed E-state index contributed by atoms with van der Waals surface area (Å²) in [6.07, 6.45) is 1.60. The van der Waals surface area contributed by atoms with Crippen LogP contribution < -0.4 is 11.1 Å². The fourth-order valence-electron chi connectivity index (χ4n) is 1.87. The van der Waals surface area contributed by atoms with Gasteiger partial charge in [0.25, 0.3) is 5.91 Å². The zero-order valence-electron chi connectivity index (χ0n) is 11.0. The zero-order valence-corrected chi connectivity index (χ0v) is 11.9. The molecule has 0 spiro atoms. The van der Waals surface area contributed by atoms with Crippen molar-refractivity contribution in [3.05, 3.63) is 65.5 Å². The number of aromatic nitrogens is 1. The van der Waals surface area contributed by atoms with E-state index >= 15 is 0 Å². The second-order valence-electron chi connectivity index (χ2n) is 4.41. The van der Waals surface area contributed by atoms with Gasteiger partial charge in [0, 0.05) is 17.5 Å². The Morgan fingerprint density at radius 1 is 1.30 bits per heavy atom. The van der Waals surface area contributed by atoms with Crippen LogP contribution in [-0.2, 0) is 0 Å². The lowest BCUT2D eigenvalue weighted by molar-refractivity contribution is 0.0946. The highest BCUT2D eigenvalue weighted by Crippen LogP contribution is 2.14. The first-order valence-electron chi connectivity index (χ1n) is 6.15. The van der Waals surface area contributed by atoms with E-state index in [1.165, 1.54) is 0 Å². The van der Waals surface area contributed by atoms with Crippen LogP contribution in [0.4, 0.5) is 0 Å². The molecule has 0 aliphatic heterocycles. The molecule has 20 heavy (non-hydrogen) atoms. The molecule has 102 valence electrons. The number of nitrogens with zero attached hydrogens (tertiary/aromatic N) is 1. The van der Waals surface area contributed by atoms with Crippen LogP contribution in [0.2, 0.25) is 0 Å². The SMILES string of the molecule is Cc1cc(C(=O)NC(C(N)=S)c2ccccc2)ccn1. The minimum absolute atomic E-state index is 0.225. The monoisotopic (exact) mass is 285 g/mol. The Bertz CT molecular complexity index is 628. The van der Waals surface area contributed by atoms with Crippen molar-refractivity contribution in [1.29, 1.82) is 0 Å². The largest absolute Gasteiger partial charge is 0.391 e. The fraction of sp³-hybridized carbons (Fsp3) is 0.133. The van der Waals surface area contributed by atoms with Crippen molar-refractivity contribution in [2.75, 3.05) is 0 Å². The number of amides is 1. The van der Waals surface area contributed by atoms with Gasteiger partial charge in [-0.25, -0.2) is 0 Å². The molecule has 2 aromatic rings. The number of hydrogen-bond acceptors (Lipinski definition) is 3. The number of pyridine rings is 1.